The number of aromatic nitrogens is 1. The first kappa shape index (κ1) is 12.5. The molecule has 4 nitrogen and oxygen atoms in total. The van der Waals surface area contributed by atoms with Gasteiger partial charge in [-0.3, -0.25) is 0 Å². The Morgan fingerprint density at radius 2 is 2.24 bits per heavy atom. The maximum Gasteiger partial charge on any atom is 0.147 e. The lowest BCUT2D eigenvalue weighted by molar-refractivity contribution is 0.139. The van der Waals surface area contributed by atoms with Crippen molar-refractivity contribution in [1.82, 2.24) is 4.98 Å². The molecular formula is C12H18ClN3O. The average molecular weight is 256 g/mol. The van der Waals surface area contributed by atoms with Gasteiger partial charge in [-0.15, -0.1) is 0 Å². The second-order valence-electron chi connectivity index (χ2n) is 4.46. The van der Waals surface area contributed by atoms with Crippen LogP contribution in [0.4, 0.5) is 11.5 Å². The summed E-state index contributed by atoms with van der Waals surface area (Å²) in [6, 6.07) is 1.76. The first-order chi connectivity index (χ1) is 8.20. The first-order valence-corrected chi connectivity index (χ1v) is 6.23. The molecule has 17 heavy (non-hydrogen) atoms. The van der Waals surface area contributed by atoms with Crippen LogP contribution in [0.25, 0.3) is 0 Å². The van der Waals surface area contributed by atoms with Crippen molar-refractivity contribution in [2.45, 2.75) is 12.8 Å². The number of nitrogens with two attached hydrogens (primary N) is 1. The van der Waals surface area contributed by atoms with Gasteiger partial charge >= 0.3 is 0 Å². The van der Waals surface area contributed by atoms with Crippen LogP contribution in [-0.2, 0) is 4.74 Å². The fourth-order valence-electron chi connectivity index (χ4n) is 2.23. The van der Waals surface area contributed by atoms with Gasteiger partial charge in [0.1, 0.15) is 5.82 Å². The number of pyridine rings is 1. The largest absolute Gasteiger partial charge is 0.397 e. The lowest BCUT2D eigenvalue weighted by Crippen LogP contribution is -2.35. The summed E-state index contributed by atoms with van der Waals surface area (Å²) in [6.45, 7) is 2.80. The lowest BCUT2D eigenvalue weighted by Gasteiger charge is -2.32. The van der Waals surface area contributed by atoms with Crippen LogP contribution in [0.2, 0.25) is 5.02 Å². The summed E-state index contributed by atoms with van der Waals surface area (Å²) in [5, 5.41) is 0.634. The zero-order valence-corrected chi connectivity index (χ0v) is 10.8. The van der Waals surface area contributed by atoms with E-state index in [4.69, 9.17) is 22.1 Å². The molecule has 0 saturated carbocycles. The van der Waals surface area contributed by atoms with Gasteiger partial charge in [0.2, 0.25) is 0 Å². The van der Waals surface area contributed by atoms with Crippen molar-refractivity contribution < 1.29 is 4.74 Å². The summed E-state index contributed by atoms with van der Waals surface area (Å²) < 4.78 is 5.18. The van der Waals surface area contributed by atoms with Crippen LogP contribution in [0.15, 0.2) is 12.3 Å². The van der Waals surface area contributed by atoms with Crippen LogP contribution in [0.3, 0.4) is 0 Å². The summed E-state index contributed by atoms with van der Waals surface area (Å²) in [5.74, 6) is 1.50. The van der Waals surface area contributed by atoms with Crippen molar-refractivity contribution in [2.24, 2.45) is 5.92 Å². The smallest absolute Gasteiger partial charge is 0.147 e. The van der Waals surface area contributed by atoms with E-state index in [1.165, 1.54) is 0 Å². The number of nitrogen functional groups attached to an aromatic ring is 1. The van der Waals surface area contributed by atoms with Crippen LogP contribution >= 0.6 is 11.6 Å². The zero-order valence-electron chi connectivity index (χ0n) is 10.0. The third-order valence-corrected chi connectivity index (χ3v) is 3.44. The van der Waals surface area contributed by atoms with Crippen molar-refractivity contribution in [3.8, 4) is 0 Å². The van der Waals surface area contributed by atoms with Gasteiger partial charge in [-0.1, -0.05) is 11.6 Å². The Bertz CT molecular complexity index is 378. The minimum absolute atomic E-state index is 0.605. The lowest BCUT2D eigenvalue weighted by atomic mass is 9.98. The van der Waals surface area contributed by atoms with Crippen molar-refractivity contribution in [1.29, 1.82) is 0 Å². The SMILES string of the molecule is COCC1CCN(c2ncc(N)cc2Cl)CC1. The van der Waals surface area contributed by atoms with Crippen molar-refractivity contribution >= 4 is 23.1 Å². The molecule has 2 rings (SSSR count). The van der Waals surface area contributed by atoms with Gasteiger partial charge < -0.3 is 15.4 Å². The second-order valence-corrected chi connectivity index (χ2v) is 4.87. The van der Waals surface area contributed by atoms with E-state index in [0.717, 1.165) is 38.4 Å². The highest BCUT2D eigenvalue weighted by molar-refractivity contribution is 6.33. The van der Waals surface area contributed by atoms with Crippen LogP contribution < -0.4 is 10.6 Å². The van der Waals surface area contributed by atoms with E-state index >= 15 is 0 Å². The molecule has 0 aliphatic carbocycles. The number of methoxy groups -OCH3 is 1. The molecule has 0 aromatic carbocycles. The fraction of sp³-hybridized carbons (Fsp3) is 0.583. The quantitative estimate of drug-likeness (QED) is 0.900. The molecule has 1 saturated heterocycles. The van der Waals surface area contributed by atoms with Crippen LogP contribution in [0, 0.1) is 5.92 Å². The fourth-order valence-corrected chi connectivity index (χ4v) is 2.52. The molecule has 0 unspecified atom stereocenters. The van der Waals surface area contributed by atoms with Crippen molar-refractivity contribution in [3.63, 3.8) is 0 Å². The molecule has 0 spiro atoms. The Morgan fingerprint density at radius 1 is 1.53 bits per heavy atom. The van der Waals surface area contributed by atoms with Gasteiger partial charge in [-0.05, 0) is 24.8 Å². The van der Waals surface area contributed by atoms with Crippen LogP contribution in [0.1, 0.15) is 12.8 Å². The molecule has 0 radical (unpaired) electrons. The molecule has 1 aliphatic heterocycles. The predicted octanol–water partition coefficient (Wildman–Crippen LogP) is 2.18. The number of rotatable bonds is 3. The van der Waals surface area contributed by atoms with Gasteiger partial charge in [0.05, 0.1) is 16.9 Å². The predicted molar refractivity (Wildman–Crippen MR) is 70.5 cm³/mol. The summed E-state index contributed by atoms with van der Waals surface area (Å²) in [4.78, 5) is 6.53. The summed E-state index contributed by atoms with van der Waals surface area (Å²) >= 11 is 6.15. The Hall–Kier alpha value is -1.00. The zero-order chi connectivity index (χ0) is 12.3. The number of nitrogens with zero attached hydrogens (tertiary/aromatic N) is 2. The molecule has 1 fully saturated rings. The minimum atomic E-state index is 0.605. The molecular weight excluding hydrogens is 238 g/mol. The standard InChI is InChI=1S/C12H18ClN3O/c1-17-8-9-2-4-16(5-3-9)12-11(13)6-10(14)7-15-12/h6-7,9H,2-5,8,14H2,1H3. The molecule has 5 heteroatoms. The highest BCUT2D eigenvalue weighted by Gasteiger charge is 2.21. The summed E-state index contributed by atoms with van der Waals surface area (Å²) in [6.07, 6.45) is 3.90. The molecule has 1 aromatic heterocycles. The van der Waals surface area contributed by atoms with Gasteiger partial charge in [0.25, 0.3) is 0 Å². The number of hydrogen-bond donors (Lipinski definition) is 1. The van der Waals surface area contributed by atoms with Crippen LogP contribution in [-0.4, -0.2) is 31.8 Å². The van der Waals surface area contributed by atoms with E-state index in [2.05, 4.69) is 9.88 Å². The number of halogens is 1. The van der Waals surface area contributed by atoms with E-state index < -0.39 is 0 Å². The normalized spacial score (nSPS) is 17.4. The van der Waals surface area contributed by atoms with E-state index in [0.29, 0.717) is 16.6 Å². The molecule has 2 N–H and O–H groups in total. The van der Waals surface area contributed by atoms with E-state index in [1.54, 1.807) is 19.4 Å². The molecule has 1 aliphatic rings. The topological polar surface area (TPSA) is 51.4 Å². The second kappa shape index (κ2) is 5.56. The minimum Gasteiger partial charge on any atom is -0.397 e. The van der Waals surface area contributed by atoms with Gasteiger partial charge in [-0.2, -0.15) is 0 Å². The number of hydrogen-bond acceptors (Lipinski definition) is 4. The monoisotopic (exact) mass is 255 g/mol. The molecule has 2 heterocycles. The van der Waals surface area contributed by atoms with E-state index in [9.17, 15) is 0 Å². The molecule has 0 bridgehead atoms. The highest BCUT2D eigenvalue weighted by Crippen LogP contribution is 2.28. The Morgan fingerprint density at radius 3 is 2.82 bits per heavy atom. The Balaban J connectivity index is 2.00. The third kappa shape index (κ3) is 3.01. The Labute approximate surface area is 107 Å². The van der Waals surface area contributed by atoms with E-state index in [-0.39, 0.29) is 0 Å². The first-order valence-electron chi connectivity index (χ1n) is 5.85. The number of piperidine rings is 1. The maximum absolute atomic E-state index is 6.15. The third-order valence-electron chi connectivity index (χ3n) is 3.16. The summed E-state index contributed by atoms with van der Waals surface area (Å²) in [5.41, 5.74) is 6.24. The molecule has 1 aromatic rings. The number of anilines is 2. The van der Waals surface area contributed by atoms with Gasteiger partial charge in [-0.25, -0.2) is 4.98 Å². The molecule has 0 amide bonds. The molecule has 0 atom stereocenters. The van der Waals surface area contributed by atoms with Crippen LogP contribution in [0.5, 0.6) is 0 Å². The van der Waals surface area contributed by atoms with E-state index in [1.807, 2.05) is 0 Å². The number of ether oxygens (including phenoxy) is 1. The average Bonchev–Trinajstić information content (AvgIpc) is 2.31. The maximum atomic E-state index is 6.15. The Kier molecular flexibility index (Phi) is 4.07. The van der Waals surface area contributed by atoms with Crippen molar-refractivity contribution in [3.05, 3.63) is 17.3 Å². The molecule has 94 valence electrons. The van der Waals surface area contributed by atoms with Gasteiger partial charge in [0.15, 0.2) is 0 Å². The highest BCUT2D eigenvalue weighted by atomic mass is 35.5. The van der Waals surface area contributed by atoms with Gasteiger partial charge in [0, 0.05) is 26.8 Å². The summed E-state index contributed by atoms with van der Waals surface area (Å²) in [7, 11) is 1.75. The van der Waals surface area contributed by atoms with Crippen molar-refractivity contribution in [2.75, 3.05) is 37.4 Å².